The third-order valence-electron chi connectivity index (χ3n) is 8.28. The van der Waals surface area contributed by atoms with E-state index < -0.39 is 5.79 Å². The third-order valence-corrected chi connectivity index (χ3v) is 8.28. The van der Waals surface area contributed by atoms with E-state index in [0.717, 1.165) is 54.4 Å². The van der Waals surface area contributed by atoms with Crippen LogP contribution in [0, 0.1) is 23.7 Å². The molecule has 5 heteroatoms. The van der Waals surface area contributed by atoms with E-state index in [1.807, 2.05) is 24.3 Å². The lowest BCUT2D eigenvalue weighted by atomic mass is 9.53. The predicted octanol–water partition coefficient (Wildman–Crippen LogP) is 5.52. The van der Waals surface area contributed by atoms with Gasteiger partial charge in [-0.05, 0) is 80.1 Å². The van der Waals surface area contributed by atoms with Crippen molar-refractivity contribution in [1.29, 1.82) is 0 Å². The Morgan fingerprint density at radius 3 is 2.34 bits per heavy atom. The molecule has 4 saturated carbocycles. The number of rotatable bonds is 9. The molecule has 1 aliphatic heterocycles. The van der Waals surface area contributed by atoms with Crippen molar-refractivity contribution in [3.63, 3.8) is 0 Å². The fraction of sp³-hybridized carbons (Fsp3) is 0.704. The van der Waals surface area contributed by atoms with Gasteiger partial charge in [-0.25, -0.2) is 4.89 Å². The molecule has 1 aromatic carbocycles. The first-order chi connectivity index (χ1) is 15.6. The molecule has 6 rings (SSSR count). The third kappa shape index (κ3) is 4.25. The summed E-state index contributed by atoms with van der Waals surface area (Å²) in [6.07, 6.45) is 10.1. The molecule has 1 saturated heterocycles. The van der Waals surface area contributed by atoms with E-state index in [1.54, 1.807) is 0 Å². The molecule has 4 bridgehead atoms. The largest absolute Gasteiger partial charge is 0.488 e. The highest BCUT2D eigenvalue weighted by Gasteiger charge is 2.61. The van der Waals surface area contributed by atoms with Gasteiger partial charge in [-0.3, -0.25) is 0 Å². The highest BCUT2D eigenvalue weighted by molar-refractivity contribution is 5.67. The SMILES string of the molecule is C=C(c1ccc(OC(CO)CCCCC)cc1)C1COC2(OO1)C1CC3CC(C1)CC2C3. The van der Waals surface area contributed by atoms with Crippen molar-refractivity contribution >= 4 is 5.57 Å². The number of hydrogen-bond acceptors (Lipinski definition) is 5. The zero-order chi connectivity index (χ0) is 22.1. The Balaban J connectivity index is 1.16. The van der Waals surface area contributed by atoms with Crippen LogP contribution in [0.1, 0.15) is 70.3 Å². The van der Waals surface area contributed by atoms with Crippen molar-refractivity contribution in [1.82, 2.24) is 0 Å². The van der Waals surface area contributed by atoms with Crippen molar-refractivity contribution in [2.45, 2.75) is 82.7 Å². The van der Waals surface area contributed by atoms with E-state index in [4.69, 9.17) is 19.2 Å². The fourth-order valence-corrected chi connectivity index (χ4v) is 6.70. The molecule has 5 nitrogen and oxygen atoms in total. The monoisotopic (exact) mass is 442 g/mol. The summed E-state index contributed by atoms with van der Waals surface area (Å²) in [6, 6.07) is 7.86. The second-order valence-electron chi connectivity index (χ2n) is 10.5. The summed E-state index contributed by atoms with van der Waals surface area (Å²) in [7, 11) is 0. The second kappa shape index (κ2) is 9.46. The Kier molecular flexibility index (Phi) is 6.62. The molecule has 2 atom stereocenters. The summed E-state index contributed by atoms with van der Waals surface area (Å²) in [5.74, 6) is 2.91. The van der Waals surface area contributed by atoms with E-state index in [-0.39, 0.29) is 18.8 Å². The summed E-state index contributed by atoms with van der Waals surface area (Å²) >= 11 is 0. The van der Waals surface area contributed by atoms with Crippen LogP contribution < -0.4 is 4.74 Å². The molecule has 176 valence electrons. The molecule has 5 aliphatic rings. The number of benzene rings is 1. The standard InChI is InChI=1S/C27H38O5/c1-3-4-5-6-25(16-28)30-24-9-7-21(8-10-24)18(2)26-17-29-27(32-31-26)22-12-19-11-20(14-22)15-23(27)13-19/h7-10,19-20,22-23,25-26,28H,2-6,11-17H2,1H3. The van der Waals surface area contributed by atoms with Gasteiger partial charge >= 0.3 is 0 Å². The first-order valence-electron chi connectivity index (χ1n) is 12.7. The van der Waals surface area contributed by atoms with Crippen LogP contribution in [0.4, 0.5) is 0 Å². The maximum absolute atomic E-state index is 9.60. The number of aliphatic hydroxyl groups excluding tert-OH is 1. The molecule has 32 heavy (non-hydrogen) atoms. The van der Waals surface area contributed by atoms with Gasteiger partial charge in [0.05, 0.1) is 13.2 Å². The molecule has 0 aromatic heterocycles. The minimum atomic E-state index is -0.529. The molecule has 4 aliphatic carbocycles. The molecule has 5 fully saturated rings. The quantitative estimate of drug-likeness (QED) is 0.403. The van der Waals surface area contributed by atoms with Crippen molar-refractivity contribution in [2.24, 2.45) is 23.7 Å². The summed E-state index contributed by atoms with van der Waals surface area (Å²) in [6.45, 7) is 6.97. The summed E-state index contributed by atoms with van der Waals surface area (Å²) < 4.78 is 12.4. The van der Waals surface area contributed by atoms with Crippen molar-refractivity contribution < 1.29 is 24.4 Å². The van der Waals surface area contributed by atoms with Crippen molar-refractivity contribution in [3.8, 4) is 5.75 Å². The van der Waals surface area contributed by atoms with Crippen LogP contribution in [-0.4, -0.2) is 36.3 Å². The van der Waals surface area contributed by atoms with Crippen LogP contribution in [0.15, 0.2) is 30.8 Å². The normalized spacial score (nSPS) is 36.4. The lowest BCUT2D eigenvalue weighted by Crippen LogP contribution is -2.63. The Hall–Kier alpha value is -1.40. The maximum atomic E-state index is 9.60. The summed E-state index contributed by atoms with van der Waals surface area (Å²) in [5, 5.41) is 9.60. The van der Waals surface area contributed by atoms with Crippen molar-refractivity contribution in [2.75, 3.05) is 13.2 Å². The van der Waals surface area contributed by atoms with E-state index in [9.17, 15) is 5.11 Å². The topological polar surface area (TPSA) is 57.2 Å². The summed E-state index contributed by atoms with van der Waals surface area (Å²) in [4.78, 5) is 12.1. The van der Waals surface area contributed by atoms with Gasteiger partial charge < -0.3 is 14.6 Å². The van der Waals surface area contributed by atoms with E-state index >= 15 is 0 Å². The van der Waals surface area contributed by atoms with E-state index in [0.29, 0.717) is 18.4 Å². The van der Waals surface area contributed by atoms with Crippen LogP contribution in [0.5, 0.6) is 5.75 Å². The molecular formula is C27H38O5. The van der Waals surface area contributed by atoms with Gasteiger partial charge in [0.15, 0.2) is 0 Å². The lowest BCUT2D eigenvalue weighted by molar-refractivity contribution is -0.517. The smallest absolute Gasteiger partial charge is 0.207 e. The highest BCUT2D eigenvalue weighted by Crippen LogP contribution is 2.60. The van der Waals surface area contributed by atoms with Gasteiger partial charge in [0.25, 0.3) is 0 Å². The Labute approximate surface area is 192 Å². The molecule has 1 heterocycles. The van der Waals surface area contributed by atoms with E-state index in [1.165, 1.54) is 32.1 Å². The predicted molar refractivity (Wildman–Crippen MR) is 123 cm³/mol. The Morgan fingerprint density at radius 1 is 1.09 bits per heavy atom. The van der Waals surface area contributed by atoms with Gasteiger partial charge in [-0.2, -0.15) is 4.89 Å². The fourth-order valence-electron chi connectivity index (χ4n) is 6.70. The molecular weight excluding hydrogens is 404 g/mol. The van der Waals surface area contributed by atoms with Gasteiger partial charge in [0.1, 0.15) is 18.0 Å². The van der Waals surface area contributed by atoms with Crippen LogP contribution in [-0.2, 0) is 14.5 Å². The number of unbranched alkanes of at least 4 members (excludes halogenated alkanes) is 2. The molecule has 0 amide bonds. The van der Waals surface area contributed by atoms with Crippen LogP contribution in [0.25, 0.3) is 5.57 Å². The first-order valence-corrected chi connectivity index (χ1v) is 12.7. The zero-order valence-corrected chi connectivity index (χ0v) is 19.3. The summed E-state index contributed by atoms with van der Waals surface area (Å²) in [5.41, 5.74) is 1.85. The van der Waals surface area contributed by atoms with Gasteiger partial charge in [0, 0.05) is 11.8 Å². The van der Waals surface area contributed by atoms with Gasteiger partial charge in [-0.15, -0.1) is 0 Å². The average Bonchev–Trinajstić information content (AvgIpc) is 2.82. The number of aliphatic hydroxyl groups is 1. The van der Waals surface area contributed by atoms with Gasteiger partial charge in [0.2, 0.25) is 5.79 Å². The van der Waals surface area contributed by atoms with E-state index in [2.05, 4.69) is 13.5 Å². The van der Waals surface area contributed by atoms with Gasteiger partial charge in [-0.1, -0.05) is 38.5 Å². The lowest BCUT2D eigenvalue weighted by Gasteiger charge is -2.60. The average molecular weight is 443 g/mol. The molecule has 1 aromatic rings. The maximum Gasteiger partial charge on any atom is 0.207 e. The van der Waals surface area contributed by atoms with Crippen LogP contribution in [0.3, 0.4) is 0 Å². The Morgan fingerprint density at radius 2 is 1.78 bits per heavy atom. The molecule has 2 unspecified atom stereocenters. The van der Waals surface area contributed by atoms with Crippen LogP contribution in [0.2, 0.25) is 0 Å². The molecule has 1 spiro atoms. The van der Waals surface area contributed by atoms with Crippen LogP contribution >= 0.6 is 0 Å². The second-order valence-corrected chi connectivity index (χ2v) is 10.5. The Bertz CT molecular complexity index is 750. The first kappa shape index (κ1) is 22.4. The number of hydrogen-bond donors (Lipinski definition) is 1. The highest BCUT2D eigenvalue weighted by atomic mass is 17.2. The molecule has 1 N–H and O–H groups in total. The molecule has 0 radical (unpaired) electrons. The minimum absolute atomic E-state index is 0.0357. The number of ether oxygens (including phenoxy) is 2. The minimum Gasteiger partial charge on any atom is -0.488 e. The zero-order valence-electron chi connectivity index (χ0n) is 19.3. The van der Waals surface area contributed by atoms with Crippen molar-refractivity contribution in [3.05, 3.63) is 36.4 Å².